The summed E-state index contributed by atoms with van der Waals surface area (Å²) in [7, 11) is 0. The van der Waals surface area contributed by atoms with Gasteiger partial charge in [-0.1, -0.05) is 6.92 Å². The fraction of sp³-hybridized carbons (Fsp3) is 0.769. The molecular weight excluding hydrogens is 276 g/mol. The number of aliphatic hydroxyl groups is 1. The van der Waals surface area contributed by atoms with Crippen LogP contribution in [-0.2, 0) is 9.59 Å². The van der Waals surface area contributed by atoms with Gasteiger partial charge in [0.25, 0.3) is 0 Å². The fourth-order valence-corrected chi connectivity index (χ4v) is 2.96. The van der Waals surface area contributed by atoms with Crippen molar-refractivity contribution in [2.45, 2.75) is 26.0 Å². The summed E-state index contributed by atoms with van der Waals surface area (Å²) in [6, 6.07) is -0.810. The van der Waals surface area contributed by atoms with Crippen molar-refractivity contribution in [2.75, 3.05) is 26.2 Å². The first-order valence-electron chi connectivity index (χ1n) is 7.14. The Morgan fingerprint density at radius 1 is 1.24 bits per heavy atom. The van der Waals surface area contributed by atoms with E-state index < -0.39 is 24.0 Å². The monoisotopic (exact) mass is 298 g/mol. The van der Waals surface area contributed by atoms with E-state index >= 15 is 0 Å². The molecule has 2 rings (SSSR count). The first kappa shape index (κ1) is 15.6. The van der Waals surface area contributed by atoms with Crippen LogP contribution in [0.15, 0.2) is 0 Å². The van der Waals surface area contributed by atoms with Gasteiger partial charge in [-0.2, -0.15) is 0 Å². The maximum absolute atomic E-state index is 12.4. The van der Waals surface area contributed by atoms with Crippen molar-refractivity contribution in [3.8, 4) is 0 Å². The number of β-lactam (4-membered cyclic amide) rings is 1. The van der Waals surface area contributed by atoms with Crippen LogP contribution in [0.2, 0.25) is 0 Å². The third-order valence-corrected chi connectivity index (χ3v) is 4.35. The Hall–Kier alpha value is -1.83. The molecule has 0 saturated carbocycles. The first-order valence-corrected chi connectivity index (χ1v) is 7.14. The van der Waals surface area contributed by atoms with Crippen LogP contribution in [0.1, 0.15) is 13.8 Å². The number of rotatable bonds is 3. The second-order valence-electron chi connectivity index (χ2n) is 5.74. The fourth-order valence-electron chi connectivity index (χ4n) is 2.96. The molecule has 8 nitrogen and oxygen atoms in total. The molecule has 2 heterocycles. The zero-order chi connectivity index (χ0) is 15.7. The largest absolute Gasteiger partial charge is 0.393 e. The van der Waals surface area contributed by atoms with E-state index in [1.54, 1.807) is 18.7 Å². The number of carbonyl (C=O) groups is 3. The van der Waals surface area contributed by atoms with E-state index in [1.165, 1.54) is 4.90 Å². The number of piperazine rings is 1. The highest BCUT2D eigenvalue weighted by atomic mass is 16.3. The standard InChI is InChI=1S/C13H22N4O4/c1-7(10-9(8(2)18)11(19)15-10)12(20)16-3-5-17(6-4-16)13(14)21/h7-10,18H,3-6H2,1-2H3,(H2,14,21)(H,15,19)/t7?,8-,9-,10-/m1/s1. The van der Waals surface area contributed by atoms with Gasteiger partial charge in [0.1, 0.15) is 0 Å². The van der Waals surface area contributed by atoms with E-state index in [4.69, 9.17) is 5.73 Å². The van der Waals surface area contributed by atoms with Crippen molar-refractivity contribution in [1.82, 2.24) is 15.1 Å². The molecule has 0 aromatic heterocycles. The lowest BCUT2D eigenvalue weighted by molar-refractivity contribution is -0.149. The van der Waals surface area contributed by atoms with Gasteiger partial charge in [0.15, 0.2) is 0 Å². The van der Waals surface area contributed by atoms with Crippen LogP contribution < -0.4 is 11.1 Å². The van der Waals surface area contributed by atoms with Crippen molar-refractivity contribution in [1.29, 1.82) is 0 Å². The predicted octanol–water partition coefficient (Wildman–Crippen LogP) is -1.66. The zero-order valence-corrected chi connectivity index (χ0v) is 12.3. The van der Waals surface area contributed by atoms with Crippen molar-refractivity contribution < 1.29 is 19.5 Å². The Labute approximate surface area is 123 Å². The van der Waals surface area contributed by atoms with Crippen molar-refractivity contribution >= 4 is 17.8 Å². The van der Waals surface area contributed by atoms with Crippen LogP contribution in [0.25, 0.3) is 0 Å². The Bertz CT molecular complexity index is 445. The number of nitrogens with one attached hydrogen (secondary N) is 1. The molecule has 0 aliphatic carbocycles. The van der Waals surface area contributed by atoms with Crippen LogP contribution in [0.3, 0.4) is 0 Å². The van der Waals surface area contributed by atoms with Gasteiger partial charge in [-0.3, -0.25) is 9.59 Å². The predicted molar refractivity (Wildman–Crippen MR) is 74.0 cm³/mol. The maximum Gasteiger partial charge on any atom is 0.314 e. The number of hydrogen-bond donors (Lipinski definition) is 3. The average Bonchev–Trinajstić information content (AvgIpc) is 2.42. The minimum atomic E-state index is -0.772. The van der Waals surface area contributed by atoms with Crippen LogP contribution in [0.5, 0.6) is 0 Å². The lowest BCUT2D eigenvalue weighted by Gasteiger charge is -2.43. The summed E-state index contributed by atoms with van der Waals surface area (Å²) < 4.78 is 0. The van der Waals surface area contributed by atoms with E-state index in [1.807, 2.05) is 0 Å². The third-order valence-electron chi connectivity index (χ3n) is 4.35. The summed E-state index contributed by atoms with van der Waals surface area (Å²) in [6.07, 6.45) is -0.772. The highest BCUT2D eigenvalue weighted by Crippen LogP contribution is 2.27. The van der Waals surface area contributed by atoms with Crippen LogP contribution in [-0.4, -0.2) is 71.1 Å². The molecule has 2 aliphatic rings. The summed E-state index contributed by atoms with van der Waals surface area (Å²) >= 11 is 0. The first-order chi connectivity index (χ1) is 9.82. The lowest BCUT2D eigenvalue weighted by atomic mass is 9.78. The van der Waals surface area contributed by atoms with E-state index in [0.29, 0.717) is 26.2 Å². The Morgan fingerprint density at radius 3 is 2.19 bits per heavy atom. The normalized spacial score (nSPS) is 28.4. The minimum absolute atomic E-state index is 0.0743. The quantitative estimate of drug-likeness (QED) is 0.541. The minimum Gasteiger partial charge on any atom is -0.393 e. The van der Waals surface area contributed by atoms with E-state index in [0.717, 1.165) is 0 Å². The molecule has 2 saturated heterocycles. The van der Waals surface area contributed by atoms with Gasteiger partial charge < -0.3 is 26.0 Å². The number of primary amides is 1. The summed E-state index contributed by atoms with van der Waals surface area (Å²) in [5.41, 5.74) is 5.20. The highest BCUT2D eigenvalue weighted by Gasteiger charge is 2.47. The number of urea groups is 1. The molecule has 2 fully saturated rings. The van der Waals surface area contributed by atoms with E-state index in [9.17, 15) is 19.5 Å². The Balaban J connectivity index is 1.92. The second-order valence-corrected chi connectivity index (χ2v) is 5.74. The van der Waals surface area contributed by atoms with Crippen molar-refractivity contribution in [3.05, 3.63) is 0 Å². The van der Waals surface area contributed by atoms with Crippen molar-refractivity contribution in [2.24, 2.45) is 17.6 Å². The molecule has 1 unspecified atom stereocenters. The smallest absolute Gasteiger partial charge is 0.314 e. The number of carbonyl (C=O) groups excluding carboxylic acids is 3. The molecule has 0 radical (unpaired) electrons. The Morgan fingerprint density at radius 2 is 1.76 bits per heavy atom. The van der Waals surface area contributed by atoms with Crippen LogP contribution in [0, 0.1) is 11.8 Å². The number of nitrogens with two attached hydrogens (primary N) is 1. The molecule has 8 heteroatoms. The molecule has 2 aliphatic heterocycles. The van der Waals surface area contributed by atoms with Gasteiger partial charge in [-0.15, -0.1) is 0 Å². The molecule has 4 atom stereocenters. The molecule has 0 aromatic rings. The second kappa shape index (κ2) is 5.88. The van der Waals surface area contributed by atoms with Gasteiger partial charge in [0.05, 0.1) is 24.0 Å². The summed E-state index contributed by atoms with van der Waals surface area (Å²) in [4.78, 5) is 38.1. The lowest BCUT2D eigenvalue weighted by Crippen LogP contribution is -2.66. The van der Waals surface area contributed by atoms with Gasteiger partial charge in [-0.25, -0.2) is 4.79 Å². The average molecular weight is 298 g/mol. The molecular formula is C13H22N4O4. The summed E-state index contributed by atoms with van der Waals surface area (Å²) in [5.74, 6) is -1.22. The Kier molecular flexibility index (Phi) is 4.36. The molecule has 21 heavy (non-hydrogen) atoms. The van der Waals surface area contributed by atoms with Crippen LogP contribution in [0.4, 0.5) is 4.79 Å². The molecule has 4 amide bonds. The molecule has 4 N–H and O–H groups in total. The van der Waals surface area contributed by atoms with Crippen molar-refractivity contribution in [3.63, 3.8) is 0 Å². The topological polar surface area (TPSA) is 116 Å². The number of aliphatic hydroxyl groups excluding tert-OH is 1. The van der Waals surface area contributed by atoms with Gasteiger partial charge in [0.2, 0.25) is 11.8 Å². The highest BCUT2D eigenvalue weighted by molar-refractivity contribution is 5.90. The third kappa shape index (κ3) is 2.94. The molecule has 0 spiro atoms. The zero-order valence-electron chi connectivity index (χ0n) is 12.3. The van der Waals surface area contributed by atoms with Gasteiger partial charge in [-0.05, 0) is 6.92 Å². The van der Waals surface area contributed by atoms with Crippen LogP contribution >= 0.6 is 0 Å². The molecule has 0 bridgehead atoms. The number of nitrogens with zero attached hydrogens (tertiary/aromatic N) is 2. The van der Waals surface area contributed by atoms with E-state index in [-0.39, 0.29) is 17.9 Å². The molecule has 118 valence electrons. The maximum atomic E-state index is 12.4. The molecule has 0 aromatic carbocycles. The summed E-state index contributed by atoms with van der Waals surface area (Å²) in [6.45, 7) is 5.02. The van der Waals surface area contributed by atoms with Gasteiger partial charge >= 0.3 is 6.03 Å². The SMILES string of the molecule is CC(C(=O)N1CCN(C(N)=O)CC1)[C@H]1NC(=O)[C@@H]1[C@@H](C)O. The number of amides is 4. The summed E-state index contributed by atoms with van der Waals surface area (Å²) in [5, 5.41) is 12.3. The number of hydrogen-bond acceptors (Lipinski definition) is 4. The van der Waals surface area contributed by atoms with Gasteiger partial charge in [0, 0.05) is 26.2 Å². The van der Waals surface area contributed by atoms with E-state index in [2.05, 4.69) is 5.32 Å².